The summed E-state index contributed by atoms with van der Waals surface area (Å²) in [6.07, 6.45) is 3.05. The molecule has 6 nitrogen and oxygen atoms in total. The Hall–Kier alpha value is -3.02. The Balaban J connectivity index is 1.36. The molecule has 2 amide bonds. The van der Waals surface area contributed by atoms with E-state index in [9.17, 15) is 9.59 Å². The van der Waals surface area contributed by atoms with E-state index in [0.29, 0.717) is 11.3 Å². The zero-order valence-electron chi connectivity index (χ0n) is 15.1. The number of amides is 2. The number of nitrogens with one attached hydrogen (secondary N) is 2. The Kier molecular flexibility index (Phi) is 4.96. The van der Waals surface area contributed by atoms with E-state index in [4.69, 9.17) is 4.74 Å². The van der Waals surface area contributed by atoms with Crippen molar-refractivity contribution in [3.05, 3.63) is 59.7 Å². The fraction of sp³-hybridized carbons (Fsp3) is 0.333. The maximum atomic E-state index is 12.2. The quantitative estimate of drug-likeness (QED) is 0.874. The molecular weight excluding hydrogens is 342 g/mol. The lowest BCUT2D eigenvalue weighted by Crippen LogP contribution is -2.38. The van der Waals surface area contributed by atoms with Crippen molar-refractivity contribution >= 4 is 17.5 Å². The molecule has 2 aromatic rings. The first-order valence-corrected chi connectivity index (χ1v) is 9.38. The summed E-state index contributed by atoms with van der Waals surface area (Å²) >= 11 is 0. The number of ether oxygens (including phenoxy) is 1. The lowest BCUT2D eigenvalue weighted by molar-refractivity contribution is -0.134. The minimum atomic E-state index is -0.295. The Morgan fingerprint density at radius 1 is 1.00 bits per heavy atom. The largest absolute Gasteiger partial charge is 0.484 e. The predicted octanol–water partition coefficient (Wildman–Crippen LogP) is 2.93. The number of anilines is 1. The summed E-state index contributed by atoms with van der Waals surface area (Å²) in [4.78, 5) is 26.3. The molecule has 0 aromatic heterocycles. The van der Waals surface area contributed by atoms with E-state index in [1.165, 1.54) is 6.42 Å². The molecule has 27 heavy (non-hydrogen) atoms. The van der Waals surface area contributed by atoms with Gasteiger partial charge >= 0.3 is 0 Å². The lowest BCUT2D eigenvalue weighted by Gasteiger charge is -2.28. The highest BCUT2D eigenvalue weighted by Gasteiger charge is 2.24. The molecule has 4 rings (SSSR count). The number of nitrogens with zero attached hydrogens (tertiary/aromatic N) is 1. The van der Waals surface area contributed by atoms with Gasteiger partial charge in [0, 0.05) is 18.8 Å². The van der Waals surface area contributed by atoms with Crippen molar-refractivity contribution < 1.29 is 14.3 Å². The highest BCUT2D eigenvalue weighted by Crippen LogP contribution is 2.27. The van der Waals surface area contributed by atoms with Crippen LogP contribution in [0.5, 0.6) is 5.75 Å². The zero-order valence-corrected chi connectivity index (χ0v) is 15.1. The fourth-order valence-corrected chi connectivity index (χ4v) is 3.51. The number of fused-ring (bicyclic) bond motifs is 1. The van der Waals surface area contributed by atoms with Gasteiger partial charge in [0.2, 0.25) is 0 Å². The highest BCUT2D eigenvalue weighted by atomic mass is 16.5. The van der Waals surface area contributed by atoms with Gasteiger partial charge in [0.05, 0.1) is 5.56 Å². The van der Waals surface area contributed by atoms with Crippen LogP contribution in [0.3, 0.4) is 0 Å². The number of carbonyl (C=O) groups excluding carboxylic acids is 2. The number of carbonyl (C=O) groups is 2. The summed E-state index contributed by atoms with van der Waals surface area (Å²) in [6, 6.07) is 14.9. The van der Waals surface area contributed by atoms with Crippen LogP contribution in [0, 0.1) is 0 Å². The summed E-state index contributed by atoms with van der Waals surface area (Å²) in [7, 11) is 0. The van der Waals surface area contributed by atoms with Gasteiger partial charge in [0.1, 0.15) is 11.9 Å². The van der Waals surface area contributed by atoms with Gasteiger partial charge < -0.3 is 20.3 Å². The number of para-hydroxylation sites is 1. The molecule has 0 spiro atoms. The first-order valence-electron chi connectivity index (χ1n) is 9.38. The van der Waals surface area contributed by atoms with E-state index in [2.05, 4.69) is 10.6 Å². The topological polar surface area (TPSA) is 70.7 Å². The number of piperidine rings is 1. The molecule has 2 aromatic carbocycles. The third-order valence-electron chi connectivity index (χ3n) is 5.03. The first kappa shape index (κ1) is 17.4. The second kappa shape index (κ2) is 7.70. The van der Waals surface area contributed by atoms with Crippen LogP contribution < -0.4 is 15.4 Å². The number of benzene rings is 2. The van der Waals surface area contributed by atoms with Gasteiger partial charge in [-0.05, 0) is 49.1 Å². The Bertz CT molecular complexity index is 829. The van der Waals surface area contributed by atoms with Crippen LogP contribution in [0.15, 0.2) is 48.5 Å². The van der Waals surface area contributed by atoms with Crippen molar-refractivity contribution in [1.82, 2.24) is 10.2 Å². The molecule has 0 radical (unpaired) electrons. The average Bonchev–Trinajstić information content (AvgIpc) is 2.73. The third-order valence-corrected chi connectivity index (χ3v) is 5.03. The summed E-state index contributed by atoms with van der Waals surface area (Å²) in [5.74, 6) is 0.588. The van der Waals surface area contributed by atoms with Gasteiger partial charge in [0.15, 0.2) is 6.61 Å². The minimum absolute atomic E-state index is 0.0385. The lowest BCUT2D eigenvalue weighted by atomic mass is 10.1. The summed E-state index contributed by atoms with van der Waals surface area (Å²) in [6.45, 7) is 1.72. The fourth-order valence-electron chi connectivity index (χ4n) is 3.51. The second-order valence-corrected chi connectivity index (χ2v) is 6.90. The standard InChI is InChI=1S/C21H23N3O3/c25-19(24-12-4-1-5-13-24)14-27-16-10-8-15(9-11-16)20-22-18-7-3-2-6-17(18)21(26)23-20/h2-3,6-11,20,22H,1,4-5,12-14H2,(H,23,26)/t20-/m1/s1. The molecule has 0 aliphatic carbocycles. The highest BCUT2D eigenvalue weighted by molar-refractivity contribution is 6.01. The smallest absolute Gasteiger partial charge is 0.260 e. The van der Waals surface area contributed by atoms with Gasteiger partial charge in [-0.1, -0.05) is 24.3 Å². The molecule has 2 aliphatic heterocycles. The van der Waals surface area contributed by atoms with E-state index in [1.807, 2.05) is 47.4 Å². The van der Waals surface area contributed by atoms with E-state index in [-0.39, 0.29) is 24.6 Å². The van der Waals surface area contributed by atoms with Gasteiger partial charge in [-0.3, -0.25) is 9.59 Å². The van der Waals surface area contributed by atoms with Gasteiger partial charge in [0.25, 0.3) is 11.8 Å². The van der Waals surface area contributed by atoms with Crippen molar-refractivity contribution in [3.8, 4) is 5.75 Å². The van der Waals surface area contributed by atoms with Gasteiger partial charge in [-0.2, -0.15) is 0 Å². The Morgan fingerprint density at radius 2 is 1.74 bits per heavy atom. The van der Waals surface area contributed by atoms with Crippen LogP contribution in [0.1, 0.15) is 41.3 Å². The van der Waals surface area contributed by atoms with Crippen molar-refractivity contribution in [3.63, 3.8) is 0 Å². The SMILES string of the molecule is O=C1N[C@H](c2ccc(OCC(=O)N3CCCCC3)cc2)Nc2ccccc21. The van der Waals surface area contributed by atoms with Crippen molar-refractivity contribution in [2.45, 2.75) is 25.4 Å². The van der Waals surface area contributed by atoms with Crippen LogP contribution >= 0.6 is 0 Å². The number of hydrogen-bond donors (Lipinski definition) is 2. The monoisotopic (exact) mass is 365 g/mol. The minimum Gasteiger partial charge on any atom is -0.484 e. The zero-order chi connectivity index (χ0) is 18.6. The third kappa shape index (κ3) is 3.89. The molecule has 2 aliphatic rings. The summed E-state index contributed by atoms with van der Waals surface area (Å²) in [5.41, 5.74) is 2.39. The van der Waals surface area contributed by atoms with Crippen molar-refractivity contribution in [2.75, 3.05) is 25.0 Å². The van der Waals surface area contributed by atoms with Crippen molar-refractivity contribution in [2.24, 2.45) is 0 Å². The maximum Gasteiger partial charge on any atom is 0.260 e. The van der Waals surface area contributed by atoms with E-state index < -0.39 is 0 Å². The van der Waals surface area contributed by atoms with Crippen LogP contribution in [0.2, 0.25) is 0 Å². The van der Waals surface area contributed by atoms with Crippen LogP contribution in [-0.4, -0.2) is 36.4 Å². The number of likely N-dealkylation sites (tertiary alicyclic amines) is 1. The molecule has 140 valence electrons. The molecule has 1 atom stereocenters. The first-order chi connectivity index (χ1) is 13.2. The van der Waals surface area contributed by atoms with E-state index in [0.717, 1.165) is 37.2 Å². The normalized spacial score (nSPS) is 18.9. The van der Waals surface area contributed by atoms with E-state index >= 15 is 0 Å². The molecule has 0 unspecified atom stereocenters. The second-order valence-electron chi connectivity index (χ2n) is 6.90. The molecule has 0 bridgehead atoms. The molecule has 0 saturated carbocycles. The molecule has 6 heteroatoms. The molecule has 1 saturated heterocycles. The van der Waals surface area contributed by atoms with Crippen LogP contribution in [0.4, 0.5) is 5.69 Å². The van der Waals surface area contributed by atoms with Crippen LogP contribution in [0.25, 0.3) is 0 Å². The summed E-state index contributed by atoms with van der Waals surface area (Å²) < 4.78 is 5.64. The van der Waals surface area contributed by atoms with Crippen LogP contribution in [-0.2, 0) is 4.79 Å². The number of rotatable bonds is 4. The molecule has 1 fully saturated rings. The maximum absolute atomic E-state index is 12.2. The molecule has 2 heterocycles. The predicted molar refractivity (Wildman–Crippen MR) is 103 cm³/mol. The summed E-state index contributed by atoms with van der Waals surface area (Å²) in [5, 5.41) is 6.27. The molecular formula is C21H23N3O3. The number of hydrogen-bond acceptors (Lipinski definition) is 4. The van der Waals surface area contributed by atoms with Gasteiger partial charge in [-0.15, -0.1) is 0 Å². The Morgan fingerprint density at radius 3 is 2.52 bits per heavy atom. The Labute approximate surface area is 158 Å². The molecule has 2 N–H and O–H groups in total. The van der Waals surface area contributed by atoms with Gasteiger partial charge in [-0.25, -0.2) is 0 Å². The average molecular weight is 365 g/mol. The van der Waals surface area contributed by atoms with E-state index in [1.54, 1.807) is 6.07 Å². The van der Waals surface area contributed by atoms with Crippen molar-refractivity contribution in [1.29, 1.82) is 0 Å².